The summed E-state index contributed by atoms with van der Waals surface area (Å²) in [5.74, 6) is -0.864. The molecule has 0 aromatic heterocycles. The predicted octanol–water partition coefficient (Wildman–Crippen LogP) is 3.33. The molecular formula is C25H41N3O5. The molecule has 0 saturated carbocycles. The maximum atomic E-state index is 13.5. The van der Waals surface area contributed by atoms with Crippen molar-refractivity contribution in [3.8, 4) is 0 Å². The average Bonchev–Trinajstić information content (AvgIpc) is 2.74. The Morgan fingerprint density at radius 1 is 1.09 bits per heavy atom. The minimum atomic E-state index is -1.25. The summed E-state index contributed by atoms with van der Waals surface area (Å²) in [5, 5.41) is 15.3. The first-order valence-electron chi connectivity index (χ1n) is 11.7. The number of carbonyl (C=O) groups is 3. The maximum absolute atomic E-state index is 13.5. The summed E-state index contributed by atoms with van der Waals surface area (Å²) in [7, 11) is 0. The minimum Gasteiger partial charge on any atom is -0.444 e. The minimum absolute atomic E-state index is 0.302. The van der Waals surface area contributed by atoms with Gasteiger partial charge in [0.05, 0.1) is 6.61 Å². The highest BCUT2D eigenvalue weighted by Gasteiger charge is 2.37. The molecule has 8 nitrogen and oxygen atoms in total. The number of rotatable bonds is 11. The van der Waals surface area contributed by atoms with Crippen LogP contribution in [0.15, 0.2) is 24.3 Å². The van der Waals surface area contributed by atoms with Gasteiger partial charge in [-0.2, -0.15) is 0 Å². The third-order valence-electron chi connectivity index (χ3n) is 5.04. The summed E-state index contributed by atoms with van der Waals surface area (Å²) < 4.78 is 5.23. The third-order valence-corrected chi connectivity index (χ3v) is 5.04. The number of amides is 3. The van der Waals surface area contributed by atoms with Gasteiger partial charge in [-0.15, -0.1) is 0 Å². The van der Waals surface area contributed by atoms with Crippen molar-refractivity contribution in [2.75, 3.05) is 13.2 Å². The van der Waals surface area contributed by atoms with Gasteiger partial charge in [0, 0.05) is 12.6 Å². The first kappa shape index (κ1) is 28.4. The first-order chi connectivity index (χ1) is 15.4. The Kier molecular flexibility index (Phi) is 11.4. The summed E-state index contributed by atoms with van der Waals surface area (Å²) in [6, 6.07) is 5.04. The number of benzene rings is 1. The molecule has 0 saturated heterocycles. The number of aliphatic hydroxyl groups is 1. The Labute approximate surface area is 198 Å². The van der Waals surface area contributed by atoms with Crippen molar-refractivity contribution in [1.82, 2.24) is 15.5 Å². The summed E-state index contributed by atoms with van der Waals surface area (Å²) >= 11 is 0. The number of aliphatic hydroxyl groups excluding tert-OH is 1. The summed E-state index contributed by atoms with van der Waals surface area (Å²) in [4.78, 5) is 40.4. The number of carbonyl (C=O) groups excluding carboxylic acids is 3. The van der Waals surface area contributed by atoms with Crippen molar-refractivity contribution in [2.45, 2.75) is 91.5 Å². The zero-order valence-corrected chi connectivity index (χ0v) is 21.1. The van der Waals surface area contributed by atoms with E-state index in [-0.39, 0.29) is 11.9 Å². The quantitative estimate of drug-likeness (QED) is 0.436. The average molecular weight is 464 g/mol. The highest BCUT2D eigenvalue weighted by molar-refractivity contribution is 5.92. The fourth-order valence-electron chi connectivity index (χ4n) is 3.35. The Morgan fingerprint density at radius 2 is 1.70 bits per heavy atom. The van der Waals surface area contributed by atoms with Crippen molar-refractivity contribution >= 4 is 17.9 Å². The Balaban J connectivity index is 3.30. The fraction of sp³-hybridized carbons (Fsp3) is 0.640. The lowest BCUT2D eigenvalue weighted by molar-refractivity contribution is -0.145. The van der Waals surface area contributed by atoms with Crippen LogP contribution in [-0.2, 0) is 20.7 Å². The Bertz CT molecular complexity index is 771. The molecule has 8 heteroatoms. The van der Waals surface area contributed by atoms with Gasteiger partial charge in [-0.1, -0.05) is 44.5 Å². The molecule has 0 radical (unpaired) electrons. The number of aryl methyl sites for hydroxylation is 1. The van der Waals surface area contributed by atoms with Gasteiger partial charge in [-0.05, 0) is 58.6 Å². The van der Waals surface area contributed by atoms with Crippen molar-refractivity contribution in [3.63, 3.8) is 0 Å². The van der Waals surface area contributed by atoms with Gasteiger partial charge in [-0.3, -0.25) is 9.59 Å². The molecule has 1 aromatic carbocycles. The van der Waals surface area contributed by atoms with Crippen LogP contribution < -0.4 is 10.6 Å². The summed E-state index contributed by atoms with van der Waals surface area (Å²) in [6.45, 7) is 12.7. The van der Waals surface area contributed by atoms with E-state index in [1.807, 2.05) is 38.1 Å². The second-order valence-electron chi connectivity index (χ2n) is 9.36. The van der Waals surface area contributed by atoms with Gasteiger partial charge in [0.25, 0.3) is 0 Å². The molecule has 0 aliphatic heterocycles. The smallest absolute Gasteiger partial charge is 0.408 e. The first-order valence-corrected chi connectivity index (χ1v) is 11.7. The number of unbranched alkanes of at least 4 members (excludes halogenated alkanes) is 1. The van der Waals surface area contributed by atoms with Crippen LogP contribution in [0.2, 0.25) is 0 Å². The molecule has 0 bridgehead atoms. The largest absolute Gasteiger partial charge is 0.444 e. The Morgan fingerprint density at radius 3 is 2.15 bits per heavy atom. The molecule has 1 aromatic rings. The number of nitrogens with one attached hydrogen (secondary N) is 2. The van der Waals surface area contributed by atoms with E-state index in [2.05, 4.69) is 10.6 Å². The van der Waals surface area contributed by atoms with Crippen molar-refractivity contribution < 1.29 is 24.2 Å². The molecule has 0 aliphatic rings. The molecule has 0 fully saturated rings. The molecular weight excluding hydrogens is 422 g/mol. The van der Waals surface area contributed by atoms with Gasteiger partial charge in [0.15, 0.2) is 0 Å². The van der Waals surface area contributed by atoms with E-state index in [0.29, 0.717) is 12.1 Å². The molecule has 1 rings (SSSR count). The van der Waals surface area contributed by atoms with E-state index >= 15 is 0 Å². The number of alkyl carbamates (subject to hydrolysis) is 1. The predicted molar refractivity (Wildman–Crippen MR) is 129 cm³/mol. The summed E-state index contributed by atoms with van der Waals surface area (Å²) in [5.41, 5.74) is 1.02. The highest BCUT2D eigenvalue weighted by Crippen LogP contribution is 2.25. The SMILES string of the molecule is CCCCNC(=O)C(c1ccc(CC)cc1)N(C(=O)C(CO)NC(=O)OC(C)(C)C)C(C)C. The summed E-state index contributed by atoms with van der Waals surface area (Å²) in [6.07, 6.45) is 1.79. The van der Waals surface area contributed by atoms with Gasteiger partial charge in [-0.25, -0.2) is 4.79 Å². The van der Waals surface area contributed by atoms with E-state index in [1.54, 1.807) is 34.6 Å². The molecule has 2 atom stereocenters. The lowest BCUT2D eigenvalue weighted by Gasteiger charge is -2.37. The van der Waals surface area contributed by atoms with Gasteiger partial charge >= 0.3 is 6.09 Å². The Hall–Kier alpha value is -2.61. The molecule has 3 amide bonds. The van der Waals surface area contributed by atoms with Gasteiger partial charge in [0.1, 0.15) is 17.7 Å². The second kappa shape index (κ2) is 13.2. The monoisotopic (exact) mass is 463 g/mol. The standard InChI is InChI=1S/C25H41N3O5/c1-8-10-15-26-22(30)21(19-13-11-18(9-2)12-14-19)28(17(3)4)23(31)20(16-29)27-24(32)33-25(5,6)7/h11-14,17,20-21,29H,8-10,15-16H2,1-7H3,(H,26,30)(H,27,32). The molecule has 0 spiro atoms. The van der Waals surface area contributed by atoms with E-state index in [1.165, 1.54) is 4.90 Å². The van der Waals surface area contributed by atoms with Crippen LogP contribution in [0.3, 0.4) is 0 Å². The van der Waals surface area contributed by atoms with Gasteiger partial charge < -0.3 is 25.4 Å². The lowest BCUT2D eigenvalue weighted by Crippen LogP contribution is -2.56. The van der Waals surface area contributed by atoms with Crippen LogP contribution in [0.25, 0.3) is 0 Å². The van der Waals surface area contributed by atoms with Crippen LogP contribution >= 0.6 is 0 Å². The van der Waals surface area contributed by atoms with Crippen LogP contribution in [0, 0.1) is 0 Å². The topological polar surface area (TPSA) is 108 Å². The molecule has 186 valence electrons. The van der Waals surface area contributed by atoms with E-state index in [9.17, 15) is 19.5 Å². The van der Waals surface area contributed by atoms with Crippen LogP contribution in [0.5, 0.6) is 0 Å². The van der Waals surface area contributed by atoms with E-state index < -0.39 is 36.3 Å². The maximum Gasteiger partial charge on any atom is 0.408 e. The zero-order chi connectivity index (χ0) is 25.2. The van der Waals surface area contributed by atoms with Crippen molar-refractivity contribution in [2.24, 2.45) is 0 Å². The molecule has 0 heterocycles. The number of nitrogens with zero attached hydrogens (tertiary/aromatic N) is 1. The third kappa shape index (κ3) is 9.04. The molecule has 33 heavy (non-hydrogen) atoms. The van der Waals surface area contributed by atoms with Crippen LogP contribution in [0.4, 0.5) is 4.79 Å². The zero-order valence-electron chi connectivity index (χ0n) is 21.1. The molecule has 3 N–H and O–H groups in total. The van der Waals surface area contributed by atoms with Crippen molar-refractivity contribution in [1.29, 1.82) is 0 Å². The van der Waals surface area contributed by atoms with Crippen LogP contribution in [0.1, 0.15) is 78.5 Å². The second-order valence-corrected chi connectivity index (χ2v) is 9.36. The van der Waals surface area contributed by atoms with E-state index in [0.717, 1.165) is 24.8 Å². The van der Waals surface area contributed by atoms with Gasteiger partial charge in [0.2, 0.25) is 11.8 Å². The normalized spacial score (nSPS) is 13.2. The molecule has 0 aliphatic carbocycles. The lowest BCUT2D eigenvalue weighted by atomic mass is 9.99. The highest BCUT2D eigenvalue weighted by atomic mass is 16.6. The number of hydrogen-bond donors (Lipinski definition) is 3. The number of hydrogen-bond acceptors (Lipinski definition) is 5. The van der Waals surface area contributed by atoms with Crippen LogP contribution in [-0.4, -0.2) is 58.8 Å². The number of ether oxygens (including phenoxy) is 1. The fourth-order valence-corrected chi connectivity index (χ4v) is 3.35. The van der Waals surface area contributed by atoms with Crippen molar-refractivity contribution in [3.05, 3.63) is 35.4 Å². The molecule has 2 unspecified atom stereocenters. The van der Waals surface area contributed by atoms with E-state index in [4.69, 9.17) is 4.74 Å².